The summed E-state index contributed by atoms with van der Waals surface area (Å²) in [6.45, 7) is 5.88. The topological polar surface area (TPSA) is 18.5 Å². The van der Waals surface area contributed by atoms with Gasteiger partial charge in [0.1, 0.15) is 0 Å². The molecule has 0 spiro atoms. The molecule has 0 saturated heterocycles. The van der Waals surface area contributed by atoms with Gasteiger partial charge in [0.25, 0.3) is 0 Å². The van der Waals surface area contributed by atoms with E-state index in [0.717, 1.165) is 12.5 Å². The SMILES string of the molecule is [CH2]CCCC[Si](C)(OC)OC. The van der Waals surface area contributed by atoms with Crippen LogP contribution in [0.5, 0.6) is 0 Å². The summed E-state index contributed by atoms with van der Waals surface area (Å²) in [6, 6.07) is 1.08. The van der Waals surface area contributed by atoms with Gasteiger partial charge in [-0.05, 0) is 12.6 Å². The van der Waals surface area contributed by atoms with Gasteiger partial charge in [0.2, 0.25) is 0 Å². The van der Waals surface area contributed by atoms with Gasteiger partial charge in [-0.25, -0.2) is 0 Å². The molecule has 0 aliphatic heterocycles. The molecule has 0 aliphatic carbocycles. The van der Waals surface area contributed by atoms with E-state index in [4.69, 9.17) is 8.85 Å². The van der Waals surface area contributed by atoms with Crippen molar-refractivity contribution in [1.29, 1.82) is 0 Å². The molecule has 2 nitrogen and oxygen atoms in total. The van der Waals surface area contributed by atoms with Gasteiger partial charge in [0.15, 0.2) is 0 Å². The third kappa shape index (κ3) is 4.56. The third-order valence-electron chi connectivity index (χ3n) is 1.99. The largest absolute Gasteiger partial charge is 0.398 e. The van der Waals surface area contributed by atoms with E-state index in [1.807, 2.05) is 0 Å². The Hall–Kier alpha value is 0.137. The van der Waals surface area contributed by atoms with Crippen molar-refractivity contribution in [1.82, 2.24) is 0 Å². The average Bonchev–Trinajstić information content (AvgIpc) is 2.05. The number of hydrogen-bond acceptors (Lipinski definition) is 2. The van der Waals surface area contributed by atoms with Crippen molar-refractivity contribution in [3.8, 4) is 0 Å². The van der Waals surface area contributed by atoms with Crippen LogP contribution in [0.2, 0.25) is 12.6 Å². The summed E-state index contributed by atoms with van der Waals surface area (Å²) in [5.41, 5.74) is 0. The fourth-order valence-electron chi connectivity index (χ4n) is 0.910. The normalized spacial score (nSPS) is 12.0. The molecule has 0 aromatic carbocycles. The molecule has 67 valence electrons. The fourth-order valence-corrected chi connectivity index (χ4v) is 2.38. The standard InChI is InChI=1S/C8H19O2Si/c1-5-6-7-8-11(4,9-2)10-3/h1,5-8H2,2-4H3. The predicted octanol–water partition coefficient (Wildman–Crippen LogP) is 2.36. The van der Waals surface area contributed by atoms with Crippen molar-refractivity contribution >= 4 is 8.56 Å². The van der Waals surface area contributed by atoms with Crippen molar-refractivity contribution in [2.45, 2.75) is 31.9 Å². The lowest BCUT2D eigenvalue weighted by Gasteiger charge is -2.22. The Morgan fingerprint density at radius 2 is 1.73 bits per heavy atom. The zero-order valence-corrected chi connectivity index (χ0v) is 8.85. The van der Waals surface area contributed by atoms with Crippen molar-refractivity contribution < 1.29 is 8.85 Å². The lowest BCUT2D eigenvalue weighted by atomic mass is 10.3. The number of rotatable bonds is 6. The van der Waals surface area contributed by atoms with Crippen LogP contribution in [0.25, 0.3) is 0 Å². The fraction of sp³-hybridized carbons (Fsp3) is 0.875. The lowest BCUT2D eigenvalue weighted by Crippen LogP contribution is -2.35. The molecule has 0 heterocycles. The average molecular weight is 175 g/mol. The van der Waals surface area contributed by atoms with Gasteiger partial charge in [0.05, 0.1) is 0 Å². The summed E-state index contributed by atoms with van der Waals surface area (Å²) in [5, 5.41) is 0. The molecule has 0 amide bonds. The van der Waals surface area contributed by atoms with E-state index >= 15 is 0 Å². The number of hydrogen-bond donors (Lipinski definition) is 0. The Labute approximate surface area is 71.1 Å². The number of unbranched alkanes of at least 4 members (excludes halogenated alkanes) is 2. The molecule has 0 fully saturated rings. The summed E-state index contributed by atoms with van der Waals surface area (Å²) in [5.74, 6) is 0. The summed E-state index contributed by atoms with van der Waals surface area (Å²) in [6.07, 6.45) is 3.36. The van der Waals surface area contributed by atoms with Crippen LogP contribution >= 0.6 is 0 Å². The van der Waals surface area contributed by atoms with E-state index in [9.17, 15) is 0 Å². The molecule has 0 N–H and O–H groups in total. The van der Waals surface area contributed by atoms with Crippen LogP contribution in [-0.4, -0.2) is 22.8 Å². The van der Waals surface area contributed by atoms with Gasteiger partial charge in [0, 0.05) is 14.2 Å². The molecule has 0 aromatic rings. The highest BCUT2D eigenvalue weighted by Crippen LogP contribution is 2.15. The molecular weight excluding hydrogens is 156 g/mol. The highest BCUT2D eigenvalue weighted by molar-refractivity contribution is 6.65. The summed E-state index contributed by atoms with van der Waals surface area (Å²) in [7, 11) is 1.71. The molecule has 0 rings (SSSR count). The second-order valence-corrected chi connectivity index (χ2v) is 6.44. The van der Waals surface area contributed by atoms with Crippen LogP contribution in [0.4, 0.5) is 0 Å². The maximum absolute atomic E-state index is 5.33. The monoisotopic (exact) mass is 175 g/mol. The molecule has 0 unspecified atom stereocenters. The van der Waals surface area contributed by atoms with E-state index in [1.54, 1.807) is 14.2 Å². The van der Waals surface area contributed by atoms with Crippen molar-refractivity contribution in [3.63, 3.8) is 0 Å². The van der Waals surface area contributed by atoms with Gasteiger partial charge in [-0.15, -0.1) is 0 Å². The molecule has 0 aliphatic rings. The van der Waals surface area contributed by atoms with E-state index in [0.29, 0.717) is 0 Å². The Bertz CT molecular complexity index is 92.1. The smallest absolute Gasteiger partial charge is 0.334 e. The van der Waals surface area contributed by atoms with Gasteiger partial charge in [-0.1, -0.05) is 26.2 Å². The van der Waals surface area contributed by atoms with Crippen LogP contribution in [0.15, 0.2) is 0 Å². The van der Waals surface area contributed by atoms with Gasteiger partial charge >= 0.3 is 8.56 Å². The molecular formula is C8H19O2Si. The Morgan fingerprint density at radius 1 is 1.18 bits per heavy atom. The quantitative estimate of drug-likeness (QED) is 0.456. The minimum absolute atomic E-state index is 1.01. The van der Waals surface area contributed by atoms with Crippen molar-refractivity contribution in [3.05, 3.63) is 6.92 Å². The second kappa shape index (κ2) is 5.74. The van der Waals surface area contributed by atoms with Crippen LogP contribution < -0.4 is 0 Å². The highest BCUT2D eigenvalue weighted by Gasteiger charge is 2.27. The van der Waals surface area contributed by atoms with Crippen LogP contribution in [0, 0.1) is 6.92 Å². The van der Waals surface area contributed by atoms with Gasteiger partial charge in [-0.3, -0.25) is 0 Å². The molecule has 0 bridgehead atoms. The molecule has 0 saturated carbocycles. The Balaban J connectivity index is 3.51. The van der Waals surface area contributed by atoms with Gasteiger partial charge in [-0.2, -0.15) is 0 Å². The molecule has 3 heteroatoms. The zero-order chi connectivity index (χ0) is 8.74. The van der Waals surface area contributed by atoms with Crippen molar-refractivity contribution in [2.75, 3.05) is 14.2 Å². The first-order valence-electron chi connectivity index (χ1n) is 4.08. The minimum atomic E-state index is -1.76. The van der Waals surface area contributed by atoms with Crippen LogP contribution in [-0.2, 0) is 8.85 Å². The lowest BCUT2D eigenvalue weighted by molar-refractivity contribution is 0.248. The van der Waals surface area contributed by atoms with Crippen LogP contribution in [0.1, 0.15) is 19.3 Å². The molecule has 11 heavy (non-hydrogen) atoms. The van der Waals surface area contributed by atoms with E-state index < -0.39 is 8.56 Å². The minimum Gasteiger partial charge on any atom is -0.398 e. The first kappa shape index (κ1) is 11.1. The first-order chi connectivity index (χ1) is 5.18. The van der Waals surface area contributed by atoms with E-state index in [-0.39, 0.29) is 0 Å². The van der Waals surface area contributed by atoms with E-state index in [2.05, 4.69) is 13.5 Å². The van der Waals surface area contributed by atoms with Crippen molar-refractivity contribution in [2.24, 2.45) is 0 Å². The zero-order valence-electron chi connectivity index (χ0n) is 7.85. The van der Waals surface area contributed by atoms with Gasteiger partial charge < -0.3 is 8.85 Å². The molecule has 1 radical (unpaired) electrons. The Kier molecular flexibility index (Phi) is 5.82. The third-order valence-corrected chi connectivity index (χ3v) is 4.98. The highest BCUT2D eigenvalue weighted by atomic mass is 28.4. The maximum atomic E-state index is 5.33. The predicted molar refractivity (Wildman–Crippen MR) is 49.7 cm³/mol. The van der Waals surface area contributed by atoms with Crippen LogP contribution in [0.3, 0.4) is 0 Å². The summed E-state index contributed by atoms with van der Waals surface area (Å²) in [4.78, 5) is 0. The molecule has 0 aromatic heterocycles. The summed E-state index contributed by atoms with van der Waals surface area (Å²) < 4.78 is 10.7. The molecule has 0 atom stereocenters. The van der Waals surface area contributed by atoms with E-state index in [1.165, 1.54) is 12.8 Å². The Morgan fingerprint density at radius 3 is 2.09 bits per heavy atom. The first-order valence-corrected chi connectivity index (χ1v) is 6.60. The second-order valence-electron chi connectivity index (χ2n) is 2.85. The summed E-state index contributed by atoms with van der Waals surface area (Å²) >= 11 is 0. The maximum Gasteiger partial charge on any atom is 0.334 e.